The average molecular weight is 308 g/mol. The largest absolute Gasteiger partial charge is 0.349 e. The predicted octanol–water partition coefficient (Wildman–Crippen LogP) is 3.28. The Morgan fingerprint density at radius 1 is 1.09 bits per heavy atom. The van der Waals surface area contributed by atoms with Crippen molar-refractivity contribution in [3.8, 4) is 0 Å². The molecule has 2 unspecified atom stereocenters. The quantitative estimate of drug-likeness (QED) is 0.848. The van der Waals surface area contributed by atoms with Crippen molar-refractivity contribution >= 4 is 5.82 Å². The molecule has 1 aliphatic heterocycles. The third-order valence-electron chi connectivity index (χ3n) is 5.19. The highest BCUT2D eigenvalue weighted by molar-refractivity contribution is 5.42. The molecule has 2 heterocycles. The van der Waals surface area contributed by atoms with Crippen LogP contribution in [0.25, 0.3) is 0 Å². The van der Waals surface area contributed by atoms with E-state index in [1.807, 2.05) is 6.20 Å². The summed E-state index contributed by atoms with van der Waals surface area (Å²) >= 11 is 0. The van der Waals surface area contributed by atoms with Crippen LogP contribution < -0.4 is 4.90 Å². The fourth-order valence-corrected chi connectivity index (χ4v) is 3.75. The highest BCUT2D eigenvalue weighted by atomic mass is 15.3. The lowest BCUT2D eigenvalue weighted by molar-refractivity contribution is 0.258. The molecule has 1 aliphatic carbocycles. The first-order valence-electron chi connectivity index (χ1n) is 8.66. The fraction of sp³-hybridized carbons (Fsp3) is 0.474. The molecule has 1 saturated heterocycles. The number of aromatic nitrogens is 2. The lowest BCUT2D eigenvalue weighted by Crippen LogP contribution is -2.40. The lowest BCUT2D eigenvalue weighted by Gasteiger charge is -2.31. The second kappa shape index (κ2) is 6.28. The first-order valence-corrected chi connectivity index (χ1v) is 8.66. The van der Waals surface area contributed by atoms with Crippen LogP contribution in [0.2, 0.25) is 0 Å². The Kier molecular flexibility index (Phi) is 4.00. The maximum absolute atomic E-state index is 4.51. The molecular weight excluding hydrogens is 284 g/mol. The highest BCUT2D eigenvalue weighted by Gasteiger charge is 2.38. The van der Waals surface area contributed by atoms with Crippen molar-refractivity contribution in [3.05, 3.63) is 54.5 Å². The summed E-state index contributed by atoms with van der Waals surface area (Å²) in [7, 11) is 0. The Morgan fingerprint density at radius 3 is 2.61 bits per heavy atom. The minimum Gasteiger partial charge on any atom is -0.349 e. The van der Waals surface area contributed by atoms with Crippen molar-refractivity contribution in [2.45, 2.75) is 44.3 Å². The van der Waals surface area contributed by atoms with E-state index in [-0.39, 0.29) is 0 Å². The Morgan fingerprint density at radius 2 is 1.91 bits per heavy atom. The van der Waals surface area contributed by atoms with Gasteiger partial charge in [0, 0.05) is 37.4 Å². The van der Waals surface area contributed by atoms with E-state index in [1.54, 1.807) is 6.33 Å². The van der Waals surface area contributed by atoms with Crippen LogP contribution in [0, 0.1) is 0 Å². The summed E-state index contributed by atoms with van der Waals surface area (Å²) < 4.78 is 0. The maximum Gasteiger partial charge on any atom is 0.132 e. The molecule has 0 amide bonds. The number of benzene rings is 1. The van der Waals surface area contributed by atoms with Gasteiger partial charge in [-0.15, -0.1) is 0 Å². The second-order valence-corrected chi connectivity index (χ2v) is 6.73. The Bertz CT molecular complexity index is 626. The zero-order chi connectivity index (χ0) is 15.6. The number of likely N-dealkylation sites (tertiary alicyclic amines) is 1. The minimum atomic E-state index is 0.479. The lowest BCUT2D eigenvalue weighted by atomic mass is 10.1. The summed E-state index contributed by atoms with van der Waals surface area (Å²) in [4.78, 5) is 13.7. The van der Waals surface area contributed by atoms with Gasteiger partial charge < -0.3 is 4.90 Å². The van der Waals surface area contributed by atoms with Gasteiger partial charge in [0.25, 0.3) is 0 Å². The van der Waals surface area contributed by atoms with Crippen molar-refractivity contribution in [1.29, 1.82) is 0 Å². The summed E-state index contributed by atoms with van der Waals surface area (Å²) in [5.41, 5.74) is 1.41. The van der Waals surface area contributed by atoms with E-state index < -0.39 is 0 Å². The van der Waals surface area contributed by atoms with E-state index in [1.165, 1.54) is 24.8 Å². The molecule has 4 nitrogen and oxygen atoms in total. The first-order chi connectivity index (χ1) is 11.3. The van der Waals surface area contributed by atoms with Crippen molar-refractivity contribution in [1.82, 2.24) is 14.9 Å². The zero-order valence-corrected chi connectivity index (χ0v) is 13.7. The average Bonchev–Trinajstić information content (AvgIpc) is 3.32. The standard InChI is InChI=1S/C19H24N4/c1-15(16-5-3-2-4-6-16)22-12-10-18(13-22)23(17-7-8-17)19-9-11-20-14-21-19/h2-6,9,11,14-15,17-18H,7-8,10,12-13H2,1H3. The summed E-state index contributed by atoms with van der Waals surface area (Å²) in [5.74, 6) is 1.10. The van der Waals surface area contributed by atoms with Crippen LogP contribution in [0.4, 0.5) is 5.82 Å². The Hall–Kier alpha value is -1.94. The minimum absolute atomic E-state index is 0.479. The third kappa shape index (κ3) is 3.08. The Labute approximate surface area is 138 Å². The van der Waals surface area contributed by atoms with Gasteiger partial charge in [0.1, 0.15) is 12.1 Å². The summed E-state index contributed by atoms with van der Waals surface area (Å²) in [6, 6.07) is 14.6. The van der Waals surface area contributed by atoms with E-state index in [0.29, 0.717) is 18.1 Å². The van der Waals surface area contributed by atoms with E-state index in [4.69, 9.17) is 0 Å². The predicted molar refractivity (Wildman–Crippen MR) is 92.4 cm³/mol. The van der Waals surface area contributed by atoms with Crippen LogP contribution in [0.3, 0.4) is 0 Å². The SMILES string of the molecule is CC(c1ccccc1)N1CCC(N(c2ccncn2)C2CC2)C1. The van der Waals surface area contributed by atoms with Gasteiger partial charge in [0.15, 0.2) is 0 Å². The maximum atomic E-state index is 4.51. The number of hydrogen-bond acceptors (Lipinski definition) is 4. The van der Waals surface area contributed by atoms with Gasteiger partial charge >= 0.3 is 0 Å². The van der Waals surface area contributed by atoms with Gasteiger partial charge in [-0.3, -0.25) is 4.90 Å². The molecule has 1 aromatic heterocycles. The molecule has 120 valence electrons. The molecule has 0 radical (unpaired) electrons. The molecule has 2 aromatic rings. The molecule has 4 rings (SSSR count). The van der Waals surface area contributed by atoms with Crippen LogP contribution in [0.5, 0.6) is 0 Å². The van der Waals surface area contributed by atoms with E-state index in [0.717, 1.165) is 18.9 Å². The van der Waals surface area contributed by atoms with Crippen molar-refractivity contribution in [2.75, 3.05) is 18.0 Å². The molecular formula is C19H24N4. The van der Waals surface area contributed by atoms with Crippen LogP contribution in [0.1, 0.15) is 37.8 Å². The number of hydrogen-bond donors (Lipinski definition) is 0. The summed E-state index contributed by atoms with van der Waals surface area (Å²) in [5, 5.41) is 0. The second-order valence-electron chi connectivity index (χ2n) is 6.73. The summed E-state index contributed by atoms with van der Waals surface area (Å²) in [6.07, 6.45) is 7.35. The van der Waals surface area contributed by atoms with Crippen LogP contribution in [0.15, 0.2) is 48.9 Å². The Balaban J connectivity index is 1.49. The highest BCUT2D eigenvalue weighted by Crippen LogP contribution is 2.36. The molecule has 2 atom stereocenters. The zero-order valence-electron chi connectivity index (χ0n) is 13.7. The van der Waals surface area contributed by atoms with Gasteiger partial charge in [-0.25, -0.2) is 9.97 Å². The van der Waals surface area contributed by atoms with E-state index in [9.17, 15) is 0 Å². The number of nitrogens with zero attached hydrogens (tertiary/aromatic N) is 4. The molecule has 1 aromatic carbocycles. The van der Waals surface area contributed by atoms with Gasteiger partial charge in [-0.2, -0.15) is 0 Å². The smallest absolute Gasteiger partial charge is 0.132 e. The molecule has 0 N–H and O–H groups in total. The molecule has 0 spiro atoms. The normalized spacial score (nSPS) is 22.9. The molecule has 23 heavy (non-hydrogen) atoms. The molecule has 0 bridgehead atoms. The van der Waals surface area contributed by atoms with E-state index >= 15 is 0 Å². The van der Waals surface area contributed by atoms with E-state index in [2.05, 4.69) is 63.1 Å². The molecule has 2 fully saturated rings. The van der Waals surface area contributed by atoms with Crippen molar-refractivity contribution in [2.24, 2.45) is 0 Å². The van der Waals surface area contributed by atoms with Gasteiger partial charge in [-0.05, 0) is 37.8 Å². The van der Waals surface area contributed by atoms with Gasteiger partial charge in [-0.1, -0.05) is 30.3 Å². The molecule has 1 saturated carbocycles. The van der Waals surface area contributed by atoms with Crippen LogP contribution in [-0.2, 0) is 0 Å². The van der Waals surface area contributed by atoms with Gasteiger partial charge in [0.05, 0.1) is 0 Å². The monoisotopic (exact) mass is 308 g/mol. The van der Waals surface area contributed by atoms with Gasteiger partial charge in [0.2, 0.25) is 0 Å². The number of rotatable bonds is 5. The summed E-state index contributed by atoms with van der Waals surface area (Å²) in [6.45, 7) is 4.61. The topological polar surface area (TPSA) is 32.3 Å². The van der Waals surface area contributed by atoms with Crippen LogP contribution >= 0.6 is 0 Å². The number of anilines is 1. The van der Waals surface area contributed by atoms with Crippen LogP contribution in [-0.4, -0.2) is 40.0 Å². The van der Waals surface area contributed by atoms with Crippen molar-refractivity contribution in [3.63, 3.8) is 0 Å². The third-order valence-corrected chi connectivity index (χ3v) is 5.19. The fourth-order valence-electron chi connectivity index (χ4n) is 3.75. The van der Waals surface area contributed by atoms with Crippen molar-refractivity contribution < 1.29 is 0 Å². The molecule has 2 aliphatic rings. The first kappa shape index (κ1) is 14.6. The molecule has 4 heteroatoms.